The number of carbonyl (C=O) groups is 3. The summed E-state index contributed by atoms with van der Waals surface area (Å²) < 4.78 is 5.87. The van der Waals surface area contributed by atoms with Crippen LogP contribution in [0.2, 0.25) is 0 Å². The third-order valence-corrected chi connectivity index (χ3v) is 6.62. The first-order chi connectivity index (χ1) is 14.7. The summed E-state index contributed by atoms with van der Waals surface area (Å²) in [5, 5.41) is 3.14. The van der Waals surface area contributed by atoms with Gasteiger partial charge in [-0.05, 0) is 51.4 Å². The van der Waals surface area contributed by atoms with Crippen LogP contribution in [0.5, 0.6) is 0 Å². The van der Waals surface area contributed by atoms with E-state index in [0.717, 1.165) is 38.5 Å². The molecule has 0 bridgehead atoms. The molecule has 2 fully saturated rings. The molecule has 6 nitrogen and oxygen atoms in total. The Morgan fingerprint density at radius 1 is 0.968 bits per heavy atom. The van der Waals surface area contributed by atoms with E-state index in [2.05, 4.69) is 5.32 Å². The SMILES string of the molecule is CC(C)C(=O)C1CCC(NC(=O)CCCOC2CCCCC2)CC1.CCC(C)C(N)=O. The second-order valence-electron chi connectivity index (χ2n) is 9.62. The van der Waals surface area contributed by atoms with Gasteiger partial charge in [-0.1, -0.05) is 47.0 Å². The highest BCUT2D eigenvalue weighted by molar-refractivity contribution is 5.83. The van der Waals surface area contributed by atoms with Crippen LogP contribution < -0.4 is 11.1 Å². The van der Waals surface area contributed by atoms with Gasteiger partial charge in [0.05, 0.1) is 6.10 Å². The normalized spacial score (nSPS) is 22.9. The highest BCUT2D eigenvalue weighted by atomic mass is 16.5. The Balaban J connectivity index is 0.000000592. The second kappa shape index (κ2) is 15.4. The van der Waals surface area contributed by atoms with Crippen LogP contribution in [0, 0.1) is 17.8 Å². The average molecular weight is 439 g/mol. The largest absolute Gasteiger partial charge is 0.378 e. The van der Waals surface area contributed by atoms with Gasteiger partial charge < -0.3 is 15.8 Å². The van der Waals surface area contributed by atoms with Gasteiger partial charge in [0.1, 0.15) is 5.78 Å². The van der Waals surface area contributed by atoms with Crippen molar-refractivity contribution in [2.45, 2.75) is 117 Å². The van der Waals surface area contributed by atoms with Crippen molar-refractivity contribution in [2.24, 2.45) is 23.5 Å². The molecule has 31 heavy (non-hydrogen) atoms. The molecule has 0 aliphatic heterocycles. The lowest BCUT2D eigenvalue weighted by atomic mass is 9.80. The fourth-order valence-corrected chi connectivity index (χ4v) is 4.21. The number of nitrogens with two attached hydrogens (primary N) is 1. The van der Waals surface area contributed by atoms with Crippen molar-refractivity contribution < 1.29 is 19.1 Å². The first-order valence-electron chi connectivity index (χ1n) is 12.5. The van der Waals surface area contributed by atoms with Crippen molar-refractivity contribution in [3.05, 3.63) is 0 Å². The van der Waals surface area contributed by atoms with Crippen LogP contribution in [0.15, 0.2) is 0 Å². The van der Waals surface area contributed by atoms with Crippen LogP contribution in [-0.2, 0) is 19.1 Å². The van der Waals surface area contributed by atoms with E-state index < -0.39 is 0 Å². The lowest BCUT2D eigenvalue weighted by molar-refractivity contribution is -0.127. The molecular weight excluding hydrogens is 392 g/mol. The van der Waals surface area contributed by atoms with Gasteiger partial charge in [0.2, 0.25) is 11.8 Å². The number of amides is 2. The maximum atomic E-state index is 12.1. The summed E-state index contributed by atoms with van der Waals surface area (Å²) in [6.45, 7) is 8.42. The number of rotatable bonds is 10. The molecule has 1 unspecified atom stereocenters. The Kier molecular flexibility index (Phi) is 13.7. The van der Waals surface area contributed by atoms with Gasteiger partial charge >= 0.3 is 0 Å². The summed E-state index contributed by atoms with van der Waals surface area (Å²) in [5.41, 5.74) is 4.91. The molecule has 2 amide bonds. The topological polar surface area (TPSA) is 98.5 Å². The lowest BCUT2D eigenvalue weighted by Gasteiger charge is -2.29. The molecule has 6 heteroatoms. The molecule has 2 aliphatic carbocycles. The van der Waals surface area contributed by atoms with Crippen LogP contribution in [0.4, 0.5) is 0 Å². The number of hydrogen-bond acceptors (Lipinski definition) is 4. The fourth-order valence-electron chi connectivity index (χ4n) is 4.21. The molecular formula is C25H46N2O4. The van der Waals surface area contributed by atoms with Gasteiger partial charge in [0.15, 0.2) is 0 Å². The van der Waals surface area contributed by atoms with E-state index >= 15 is 0 Å². The highest BCUT2D eigenvalue weighted by Crippen LogP contribution is 2.27. The van der Waals surface area contributed by atoms with Gasteiger partial charge in [-0.25, -0.2) is 0 Å². The summed E-state index contributed by atoms with van der Waals surface area (Å²) in [6.07, 6.45) is 12.6. The first kappa shape index (κ1) is 27.6. The molecule has 180 valence electrons. The second-order valence-corrected chi connectivity index (χ2v) is 9.62. The van der Waals surface area contributed by atoms with Gasteiger partial charge in [-0.15, -0.1) is 0 Å². The molecule has 2 saturated carbocycles. The molecule has 2 aliphatic rings. The molecule has 0 saturated heterocycles. The molecule has 1 atom stereocenters. The van der Waals surface area contributed by atoms with Crippen molar-refractivity contribution in [3.8, 4) is 0 Å². The molecule has 0 aromatic heterocycles. The Bertz CT molecular complexity index is 536. The Hall–Kier alpha value is -1.43. The van der Waals surface area contributed by atoms with Crippen LogP contribution in [0.3, 0.4) is 0 Å². The first-order valence-corrected chi connectivity index (χ1v) is 12.5. The quantitative estimate of drug-likeness (QED) is 0.489. The van der Waals surface area contributed by atoms with Crippen LogP contribution in [0.25, 0.3) is 0 Å². The van der Waals surface area contributed by atoms with Crippen LogP contribution >= 0.6 is 0 Å². The molecule has 0 aromatic carbocycles. The number of ketones is 1. The van der Waals surface area contributed by atoms with Crippen molar-refractivity contribution in [2.75, 3.05) is 6.61 Å². The fraction of sp³-hybridized carbons (Fsp3) is 0.880. The smallest absolute Gasteiger partial charge is 0.220 e. The molecule has 0 heterocycles. The monoisotopic (exact) mass is 438 g/mol. The van der Waals surface area contributed by atoms with Crippen LogP contribution in [-0.4, -0.2) is 36.4 Å². The molecule has 0 spiro atoms. The Morgan fingerprint density at radius 2 is 1.58 bits per heavy atom. The van der Waals surface area contributed by atoms with Gasteiger partial charge in [-0.3, -0.25) is 14.4 Å². The van der Waals surface area contributed by atoms with E-state index in [0.29, 0.717) is 24.9 Å². The maximum absolute atomic E-state index is 12.1. The standard InChI is InChI=1S/C20H35NO3.C5H11NO/c1-15(2)20(23)16-10-12-17(13-11-16)21-19(22)9-6-14-24-18-7-4-3-5-8-18;1-3-4(2)5(6)7/h15-18H,3-14H2,1-2H3,(H,21,22);4H,3H2,1-2H3,(H2,6,7). The number of hydrogen-bond donors (Lipinski definition) is 2. The van der Waals surface area contributed by atoms with Crippen molar-refractivity contribution in [3.63, 3.8) is 0 Å². The average Bonchev–Trinajstić information content (AvgIpc) is 2.77. The number of Topliss-reactive ketones (excluding diaryl/α,β-unsaturated/α-hetero) is 1. The molecule has 0 aromatic rings. The Morgan fingerprint density at radius 3 is 2.06 bits per heavy atom. The summed E-state index contributed by atoms with van der Waals surface area (Å²) >= 11 is 0. The zero-order chi connectivity index (χ0) is 23.2. The number of primary amides is 1. The van der Waals surface area contributed by atoms with Crippen molar-refractivity contribution in [1.82, 2.24) is 5.32 Å². The Labute approximate surface area is 189 Å². The van der Waals surface area contributed by atoms with Gasteiger partial charge in [0, 0.05) is 36.8 Å². The van der Waals surface area contributed by atoms with Crippen molar-refractivity contribution >= 4 is 17.6 Å². The molecule has 2 rings (SSSR count). The zero-order valence-corrected chi connectivity index (χ0v) is 20.3. The summed E-state index contributed by atoms with van der Waals surface area (Å²) in [5.74, 6) is 0.704. The highest BCUT2D eigenvalue weighted by Gasteiger charge is 2.28. The predicted molar refractivity (Wildman–Crippen MR) is 124 cm³/mol. The van der Waals surface area contributed by atoms with E-state index in [9.17, 15) is 14.4 Å². The minimum absolute atomic E-state index is 0.0417. The lowest BCUT2D eigenvalue weighted by Crippen LogP contribution is -2.39. The third kappa shape index (κ3) is 11.7. The van der Waals surface area contributed by atoms with E-state index in [-0.39, 0.29) is 35.6 Å². The summed E-state index contributed by atoms with van der Waals surface area (Å²) in [7, 11) is 0. The van der Waals surface area contributed by atoms with E-state index in [1.165, 1.54) is 32.1 Å². The number of ether oxygens (including phenoxy) is 1. The van der Waals surface area contributed by atoms with E-state index in [4.69, 9.17) is 10.5 Å². The minimum atomic E-state index is -0.206. The number of nitrogens with one attached hydrogen (secondary N) is 1. The van der Waals surface area contributed by atoms with E-state index in [1.54, 1.807) is 0 Å². The molecule has 3 N–H and O–H groups in total. The zero-order valence-electron chi connectivity index (χ0n) is 20.3. The summed E-state index contributed by atoms with van der Waals surface area (Å²) in [4.78, 5) is 34.2. The molecule has 0 radical (unpaired) electrons. The van der Waals surface area contributed by atoms with Gasteiger partial charge in [0.25, 0.3) is 0 Å². The van der Waals surface area contributed by atoms with Gasteiger partial charge in [-0.2, -0.15) is 0 Å². The third-order valence-electron chi connectivity index (χ3n) is 6.62. The van der Waals surface area contributed by atoms with E-state index in [1.807, 2.05) is 27.7 Å². The summed E-state index contributed by atoms with van der Waals surface area (Å²) in [6, 6.07) is 0.257. The number of carbonyl (C=O) groups excluding carboxylic acids is 3. The minimum Gasteiger partial charge on any atom is -0.378 e. The van der Waals surface area contributed by atoms with Crippen LogP contribution in [0.1, 0.15) is 105 Å². The predicted octanol–water partition coefficient (Wildman–Crippen LogP) is 4.53. The van der Waals surface area contributed by atoms with Crippen molar-refractivity contribution in [1.29, 1.82) is 0 Å². The maximum Gasteiger partial charge on any atom is 0.220 e.